The first-order chi connectivity index (χ1) is 17.8. The van der Waals surface area contributed by atoms with E-state index in [1.54, 1.807) is 22.6 Å². The van der Waals surface area contributed by atoms with Gasteiger partial charge < -0.3 is 9.84 Å². The number of amides is 1. The molecule has 0 saturated heterocycles. The molecule has 0 unspecified atom stereocenters. The number of fused-ring (bicyclic) bond motifs is 1. The number of pyridine rings is 1. The summed E-state index contributed by atoms with van der Waals surface area (Å²) in [6.45, 7) is 3.64. The van der Waals surface area contributed by atoms with Gasteiger partial charge in [-0.3, -0.25) is 19.2 Å². The monoisotopic (exact) mass is 564 g/mol. The highest BCUT2D eigenvalue weighted by Gasteiger charge is 2.32. The molecule has 2 fully saturated rings. The van der Waals surface area contributed by atoms with Gasteiger partial charge in [0.2, 0.25) is 0 Å². The molecule has 0 spiro atoms. The highest BCUT2D eigenvalue weighted by atomic mass is 79.9. The van der Waals surface area contributed by atoms with Crippen LogP contribution in [0.15, 0.2) is 28.7 Å². The molecule has 2 saturated carbocycles. The van der Waals surface area contributed by atoms with Crippen LogP contribution >= 0.6 is 15.9 Å². The van der Waals surface area contributed by atoms with Crippen LogP contribution < -0.4 is 9.64 Å². The summed E-state index contributed by atoms with van der Waals surface area (Å²) in [6.07, 6.45) is 4.55. The van der Waals surface area contributed by atoms with Gasteiger partial charge in [-0.25, -0.2) is 4.98 Å². The first-order valence-corrected chi connectivity index (χ1v) is 13.4. The number of carboxylic acids is 1. The molecule has 2 heterocycles. The summed E-state index contributed by atoms with van der Waals surface area (Å²) in [4.78, 5) is 31.4. The average molecular weight is 565 g/mol. The topological polar surface area (TPSA) is 97.6 Å². The Kier molecular flexibility index (Phi) is 6.95. The van der Waals surface area contributed by atoms with E-state index >= 15 is 0 Å². The Hall–Kier alpha value is -3.38. The molecule has 2 aliphatic carbocycles. The number of nitrogens with zero attached hydrogens (tertiary/aromatic N) is 4. The summed E-state index contributed by atoms with van der Waals surface area (Å²) < 4.78 is 8.93. The Morgan fingerprint density at radius 3 is 2.70 bits per heavy atom. The predicted octanol–water partition coefficient (Wildman–Crippen LogP) is 5.63. The number of carbonyl (C=O) groups excluding carboxylic acids is 1. The minimum absolute atomic E-state index is 0.252. The molecule has 9 heteroatoms. The van der Waals surface area contributed by atoms with Gasteiger partial charge in [-0.05, 0) is 99.6 Å². The number of anilines is 2. The van der Waals surface area contributed by atoms with Crippen LogP contribution in [0.5, 0.6) is 5.88 Å². The lowest BCUT2D eigenvalue weighted by molar-refractivity contribution is -0.143. The van der Waals surface area contributed by atoms with E-state index in [1.807, 2.05) is 26.1 Å². The average Bonchev–Trinajstić information content (AvgIpc) is 3.67. The molecule has 0 radical (unpaired) electrons. The minimum atomic E-state index is -0.790. The molecule has 37 heavy (non-hydrogen) atoms. The quantitative estimate of drug-likeness (QED) is 0.390. The number of aromatic nitrogens is 3. The fraction of sp³-hybridized carbons (Fsp3) is 0.429. The number of carbonyl (C=O) groups is 2. The number of aryl methyl sites for hydroxylation is 2. The van der Waals surface area contributed by atoms with Crippen molar-refractivity contribution in [2.75, 3.05) is 4.90 Å². The molecule has 8 nitrogen and oxygen atoms in total. The molecule has 1 N–H and O–H groups in total. The Balaban J connectivity index is 1.58. The zero-order valence-corrected chi connectivity index (χ0v) is 22.7. The van der Waals surface area contributed by atoms with Crippen LogP contribution in [0.25, 0.3) is 11.0 Å². The Morgan fingerprint density at radius 2 is 2.00 bits per heavy atom. The molecule has 1 aromatic carbocycles. The van der Waals surface area contributed by atoms with E-state index in [9.17, 15) is 14.7 Å². The molecular weight excluding hydrogens is 536 g/mol. The van der Waals surface area contributed by atoms with E-state index < -0.39 is 11.9 Å². The van der Waals surface area contributed by atoms with Gasteiger partial charge in [0.15, 0.2) is 5.52 Å². The van der Waals surface area contributed by atoms with E-state index in [4.69, 9.17) is 9.72 Å². The summed E-state index contributed by atoms with van der Waals surface area (Å²) in [7, 11) is 1.81. The molecule has 5 rings (SSSR count). The number of benzene rings is 1. The Bertz CT molecular complexity index is 1450. The summed E-state index contributed by atoms with van der Waals surface area (Å²) >= 11 is 3.64. The maximum atomic E-state index is 13.4. The fourth-order valence-electron chi connectivity index (χ4n) is 5.03. The van der Waals surface area contributed by atoms with Gasteiger partial charge in [0.25, 0.3) is 5.88 Å². The summed E-state index contributed by atoms with van der Waals surface area (Å²) in [6, 6.07) is 7.79. The SMILES string of the molecule is CC#CC(=O)N(c1ccc2c(n1)c(O[C@@H]1CCC[C@H](C(=O)O)C1)nn2C)c1cc(C)c(Br)cc1C1CC1. The third-order valence-electron chi connectivity index (χ3n) is 7.14. The first-order valence-electron chi connectivity index (χ1n) is 12.6. The lowest BCUT2D eigenvalue weighted by atomic mass is 9.87. The summed E-state index contributed by atoms with van der Waals surface area (Å²) in [5.74, 6) is 5.03. The van der Waals surface area contributed by atoms with Crippen LogP contribution in [-0.4, -0.2) is 37.9 Å². The molecule has 192 valence electrons. The maximum absolute atomic E-state index is 13.4. The Morgan fingerprint density at radius 1 is 1.22 bits per heavy atom. The lowest BCUT2D eigenvalue weighted by Gasteiger charge is -2.26. The molecule has 2 atom stereocenters. The normalized spacial score (nSPS) is 19.2. The highest BCUT2D eigenvalue weighted by molar-refractivity contribution is 9.10. The van der Waals surface area contributed by atoms with Gasteiger partial charge in [-0.15, -0.1) is 5.10 Å². The zero-order chi connectivity index (χ0) is 26.3. The van der Waals surface area contributed by atoms with E-state index in [2.05, 4.69) is 38.9 Å². The van der Waals surface area contributed by atoms with Gasteiger partial charge in [-0.2, -0.15) is 0 Å². The van der Waals surface area contributed by atoms with Crippen molar-refractivity contribution in [3.8, 4) is 17.7 Å². The molecule has 2 aliphatic rings. The second kappa shape index (κ2) is 10.2. The van der Waals surface area contributed by atoms with Crippen LogP contribution in [0.1, 0.15) is 62.5 Å². The number of ether oxygens (including phenoxy) is 1. The largest absolute Gasteiger partial charge is 0.481 e. The van der Waals surface area contributed by atoms with Gasteiger partial charge in [0.1, 0.15) is 11.9 Å². The number of rotatable bonds is 6. The summed E-state index contributed by atoms with van der Waals surface area (Å²) in [5, 5.41) is 14.0. The van der Waals surface area contributed by atoms with Crippen molar-refractivity contribution in [2.45, 2.75) is 64.4 Å². The van der Waals surface area contributed by atoms with Crippen molar-refractivity contribution >= 4 is 50.3 Å². The van der Waals surface area contributed by atoms with E-state index in [0.29, 0.717) is 36.0 Å². The van der Waals surface area contributed by atoms with E-state index in [-0.39, 0.29) is 12.0 Å². The standard InChI is InChI=1S/C28H29BrN4O4/c1-4-6-25(34)33(23-13-16(2)21(29)15-20(23)17-9-10-17)24-12-11-22-26(30-24)27(31-32(22)3)37-19-8-5-7-18(14-19)28(35)36/h11-13,15,17-19H,5,7-10,14H2,1-3H3,(H,35,36)/t18-,19+/m0/s1. The van der Waals surface area contributed by atoms with Crippen molar-refractivity contribution in [3.05, 3.63) is 39.9 Å². The van der Waals surface area contributed by atoms with Gasteiger partial charge >= 0.3 is 11.9 Å². The minimum Gasteiger partial charge on any atom is -0.481 e. The lowest BCUT2D eigenvalue weighted by Crippen LogP contribution is -2.29. The number of aliphatic carboxylic acids is 1. The smallest absolute Gasteiger partial charge is 0.308 e. The molecular formula is C28H29BrN4O4. The fourth-order valence-corrected chi connectivity index (χ4v) is 5.39. The van der Waals surface area contributed by atoms with Crippen LogP contribution in [-0.2, 0) is 16.6 Å². The zero-order valence-electron chi connectivity index (χ0n) is 21.1. The molecule has 0 bridgehead atoms. The highest BCUT2D eigenvalue weighted by Crippen LogP contribution is 2.47. The number of hydrogen-bond acceptors (Lipinski definition) is 5. The van der Waals surface area contributed by atoms with Gasteiger partial charge in [0, 0.05) is 11.5 Å². The van der Waals surface area contributed by atoms with Crippen molar-refractivity contribution in [2.24, 2.45) is 13.0 Å². The van der Waals surface area contributed by atoms with Crippen molar-refractivity contribution < 1.29 is 19.4 Å². The molecule has 0 aliphatic heterocycles. The van der Waals surface area contributed by atoms with Crippen LogP contribution in [0, 0.1) is 24.7 Å². The molecule has 2 aromatic heterocycles. The second-order valence-corrected chi connectivity index (χ2v) is 10.7. The van der Waals surface area contributed by atoms with E-state index in [1.165, 1.54) is 0 Å². The van der Waals surface area contributed by atoms with Crippen molar-refractivity contribution in [1.29, 1.82) is 0 Å². The molecule has 3 aromatic rings. The third-order valence-corrected chi connectivity index (χ3v) is 7.99. The maximum Gasteiger partial charge on any atom is 0.308 e. The van der Waals surface area contributed by atoms with Crippen LogP contribution in [0.3, 0.4) is 0 Å². The second-order valence-electron chi connectivity index (χ2n) is 9.86. The molecule has 1 amide bonds. The number of carboxylic acid groups (broad SMARTS) is 1. The van der Waals surface area contributed by atoms with Crippen molar-refractivity contribution in [3.63, 3.8) is 0 Å². The Labute approximate surface area is 224 Å². The van der Waals surface area contributed by atoms with Gasteiger partial charge in [0.05, 0.1) is 17.1 Å². The first kappa shape index (κ1) is 25.3. The third kappa shape index (κ3) is 5.08. The van der Waals surface area contributed by atoms with Crippen LogP contribution in [0.4, 0.5) is 11.5 Å². The van der Waals surface area contributed by atoms with Crippen molar-refractivity contribution in [1.82, 2.24) is 14.8 Å². The summed E-state index contributed by atoms with van der Waals surface area (Å²) in [5.41, 5.74) is 4.17. The predicted molar refractivity (Wildman–Crippen MR) is 144 cm³/mol. The van der Waals surface area contributed by atoms with E-state index in [0.717, 1.165) is 52.5 Å². The van der Waals surface area contributed by atoms with Gasteiger partial charge in [-0.1, -0.05) is 21.9 Å². The number of hydrogen-bond donors (Lipinski definition) is 1. The van der Waals surface area contributed by atoms with Crippen LogP contribution in [0.2, 0.25) is 0 Å². The number of halogens is 1.